The van der Waals surface area contributed by atoms with Crippen molar-refractivity contribution in [2.45, 2.75) is 5.41 Å². The number of carbonyl (C=O) groups excluding carboxylic acids is 4. The summed E-state index contributed by atoms with van der Waals surface area (Å²) in [5, 5.41) is 2.72. The second-order valence-corrected chi connectivity index (χ2v) is 8.43. The lowest BCUT2D eigenvalue weighted by Crippen LogP contribution is -2.65. The average Bonchev–Trinajstić information content (AvgIpc) is 3.12. The molecule has 170 valence electrons. The van der Waals surface area contributed by atoms with Crippen LogP contribution in [0, 0.1) is 5.92 Å². The van der Waals surface area contributed by atoms with Crippen LogP contribution < -0.4 is 10.1 Å². The molecular formula is C27H22N2O5. The average molecular weight is 454 g/mol. The maximum atomic E-state index is 14.2. The minimum absolute atomic E-state index is 0.252. The van der Waals surface area contributed by atoms with Crippen molar-refractivity contribution in [1.82, 2.24) is 10.2 Å². The Morgan fingerprint density at radius 2 is 1.50 bits per heavy atom. The van der Waals surface area contributed by atoms with Gasteiger partial charge >= 0.3 is 0 Å². The summed E-state index contributed by atoms with van der Waals surface area (Å²) in [6.45, 7) is 0.00406. The maximum Gasteiger partial charge on any atom is 0.261 e. The standard InChI is InChI=1S/C27H22N2O5/c1-34-19-13-11-18(12-14-19)27(22-15-28-24(22)31,23(30)17-7-3-2-4-8-17)16-29-25(32)20-9-5-6-10-21(20)26(29)33/h2-14,22H,15-16H2,1H3,(H,28,31)/t22-,27+/m0/s1. The number of amides is 3. The summed E-state index contributed by atoms with van der Waals surface area (Å²) in [7, 11) is 1.54. The number of nitrogens with one attached hydrogen (secondary N) is 1. The van der Waals surface area contributed by atoms with Crippen LogP contribution in [0.5, 0.6) is 5.75 Å². The number of β-lactam (4-membered cyclic amide) rings is 1. The molecule has 2 heterocycles. The first-order valence-corrected chi connectivity index (χ1v) is 10.9. The van der Waals surface area contributed by atoms with Gasteiger partial charge in [0.2, 0.25) is 5.91 Å². The Bertz CT molecular complexity index is 1270. The third-order valence-electron chi connectivity index (χ3n) is 6.72. The van der Waals surface area contributed by atoms with E-state index in [1.165, 1.54) is 7.11 Å². The van der Waals surface area contributed by atoms with E-state index in [9.17, 15) is 19.2 Å². The van der Waals surface area contributed by atoms with Crippen molar-refractivity contribution in [2.75, 3.05) is 20.2 Å². The molecule has 3 amide bonds. The number of imide groups is 1. The van der Waals surface area contributed by atoms with Gasteiger partial charge in [-0.1, -0.05) is 54.6 Å². The topological polar surface area (TPSA) is 92.8 Å². The number of ether oxygens (including phenoxy) is 1. The summed E-state index contributed by atoms with van der Waals surface area (Å²) in [5.41, 5.74) is 0.0550. The summed E-state index contributed by atoms with van der Waals surface area (Å²) >= 11 is 0. The number of hydrogen-bond acceptors (Lipinski definition) is 5. The molecule has 0 bridgehead atoms. The van der Waals surface area contributed by atoms with Crippen LogP contribution >= 0.6 is 0 Å². The number of carbonyl (C=O) groups is 4. The zero-order valence-corrected chi connectivity index (χ0v) is 18.5. The summed E-state index contributed by atoms with van der Waals surface area (Å²) < 4.78 is 5.28. The quantitative estimate of drug-likeness (QED) is 0.337. The molecule has 0 unspecified atom stereocenters. The van der Waals surface area contributed by atoms with E-state index < -0.39 is 23.1 Å². The molecule has 0 aromatic heterocycles. The van der Waals surface area contributed by atoms with Gasteiger partial charge in [-0.25, -0.2) is 0 Å². The Balaban J connectivity index is 1.68. The molecule has 2 aliphatic heterocycles. The summed E-state index contributed by atoms with van der Waals surface area (Å²) in [4.78, 5) is 54.6. The van der Waals surface area contributed by atoms with E-state index in [4.69, 9.17) is 4.74 Å². The molecule has 2 aliphatic rings. The molecule has 3 aromatic carbocycles. The van der Waals surface area contributed by atoms with Crippen LogP contribution in [0.2, 0.25) is 0 Å². The largest absolute Gasteiger partial charge is 0.497 e. The summed E-state index contributed by atoms with van der Waals surface area (Å²) in [6.07, 6.45) is 0. The molecule has 34 heavy (non-hydrogen) atoms. The lowest BCUT2D eigenvalue weighted by atomic mass is 9.62. The Hall–Kier alpha value is -4.26. The Labute approximate surface area is 196 Å². The van der Waals surface area contributed by atoms with Crippen molar-refractivity contribution < 1.29 is 23.9 Å². The van der Waals surface area contributed by atoms with E-state index in [1.807, 2.05) is 0 Å². The SMILES string of the molecule is COc1ccc([C@@](CN2C(=O)c3ccccc3C2=O)(C(=O)c2ccccc2)[C@H]2CNC2=O)cc1. The number of ketones is 1. The molecule has 2 atom stereocenters. The fraction of sp³-hybridized carbons (Fsp3) is 0.185. The van der Waals surface area contributed by atoms with Crippen LogP contribution in [0.1, 0.15) is 36.6 Å². The Kier molecular flexibility index (Phi) is 5.24. The Morgan fingerprint density at radius 3 is 2.00 bits per heavy atom. The van der Waals surface area contributed by atoms with Crippen LogP contribution in [-0.2, 0) is 10.2 Å². The molecule has 7 heteroatoms. The van der Waals surface area contributed by atoms with Crippen LogP contribution in [0.15, 0.2) is 78.9 Å². The minimum atomic E-state index is -1.47. The molecule has 1 fully saturated rings. The molecule has 0 radical (unpaired) electrons. The van der Waals surface area contributed by atoms with Crippen LogP contribution in [0.25, 0.3) is 0 Å². The highest BCUT2D eigenvalue weighted by Gasteiger charge is 2.56. The van der Waals surface area contributed by atoms with Gasteiger partial charge in [0.25, 0.3) is 11.8 Å². The monoisotopic (exact) mass is 454 g/mol. The van der Waals surface area contributed by atoms with Crippen LogP contribution in [0.3, 0.4) is 0 Å². The van der Waals surface area contributed by atoms with Crippen molar-refractivity contribution in [3.05, 3.63) is 101 Å². The molecule has 1 saturated heterocycles. The summed E-state index contributed by atoms with van der Waals surface area (Å²) in [5.74, 6) is -1.73. The van der Waals surface area contributed by atoms with Gasteiger partial charge in [0.05, 0.1) is 29.6 Å². The molecular weight excluding hydrogens is 432 g/mol. The van der Waals surface area contributed by atoms with Crippen molar-refractivity contribution in [1.29, 1.82) is 0 Å². The minimum Gasteiger partial charge on any atom is -0.497 e. The number of rotatable bonds is 7. The van der Waals surface area contributed by atoms with Gasteiger partial charge in [0.15, 0.2) is 5.78 Å². The fourth-order valence-corrected chi connectivity index (χ4v) is 4.82. The van der Waals surface area contributed by atoms with E-state index in [-0.39, 0.29) is 24.8 Å². The predicted octanol–water partition coefficient (Wildman–Crippen LogP) is 2.86. The lowest BCUT2D eigenvalue weighted by molar-refractivity contribution is -0.134. The van der Waals surface area contributed by atoms with Gasteiger partial charge in [-0.15, -0.1) is 0 Å². The van der Waals surface area contributed by atoms with Gasteiger partial charge in [0, 0.05) is 18.7 Å². The Morgan fingerprint density at radius 1 is 0.912 bits per heavy atom. The van der Waals surface area contributed by atoms with Crippen molar-refractivity contribution in [3.8, 4) is 5.75 Å². The van der Waals surface area contributed by atoms with Gasteiger partial charge < -0.3 is 10.1 Å². The first-order chi connectivity index (χ1) is 16.5. The lowest BCUT2D eigenvalue weighted by Gasteiger charge is -2.45. The zero-order valence-electron chi connectivity index (χ0n) is 18.5. The van der Waals surface area contributed by atoms with Crippen molar-refractivity contribution in [2.24, 2.45) is 5.92 Å². The van der Waals surface area contributed by atoms with Gasteiger partial charge in [-0.2, -0.15) is 0 Å². The highest BCUT2D eigenvalue weighted by molar-refractivity contribution is 6.22. The molecule has 0 spiro atoms. The molecule has 3 aromatic rings. The second kappa shape index (κ2) is 8.26. The van der Waals surface area contributed by atoms with E-state index in [1.54, 1.807) is 78.9 Å². The van der Waals surface area contributed by atoms with Crippen molar-refractivity contribution in [3.63, 3.8) is 0 Å². The molecule has 0 saturated carbocycles. The highest BCUT2D eigenvalue weighted by Crippen LogP contribution is 2.42. The first kappa shape index (κ1) is 21.6. The molecule has 7 nitrogen and oxygen atoms in total. The number of Topliss-reactive ketones (excluding diaryl/α,β-unsaturated/α-hetero) is 1. The molecule has 5 rings (SSSR count). The van der Waals surface area contributed by atoms with E-state index >= 15 is 0 Å². The second-order valence-electron chi connectivity index (χ2n) is 8.43. The first-order valence-electron chi connectivity index (χ1n) is 10.9. The van der Waals surface area contributed by atoms with Gasteiger partial charge in [0.1, 0.15) is 5.75 Å². The normalized spacial score (nSPS) is 18.6. The molecule has 1 N–H and O–H groups in total. The van der Waals surface area contributed by atoms with Gasteiger partial charge in [-0.3, -0.25) is 24.1 Å². The van der Waals surface area contributed by atoms with E-state index in [0.717, 1.165) is 4.90 Å². The maximum absolute atomic E-state index is 14.2. The third kappa shape index (κ3) is 3.20. The number of fused-ring (bicyclic) bond motifs is 1. The van der Waals surface area contributed by atoms with Crippen molar-refractivity contribution >= 4 is 23.5 Å². The fourth-order valence-electron chi connectivity index (χ4n) is 4.82. The van der Waals surface area contributed by atoms with E-state index in [2.05, 4.69) is 5.32 Å². The third-order valence-corrected chi connectivity index (χ3v) is 6.72. The smallest absolute Gasteiger partial charge is 0.261 e. The van der Waals surface area contributed by atoms with E-state index in [0.29, 0.717) is 28.0 Å². The summed E-state index contributed by atoms with van der Waals surface area (Å²) in [6, 6.07) is 22.1. The van der Waals surface area contributed by atoms with Gasteiger partial charge in [-0.05, 0) is 29.8 Å². The molecule has 0 aliphatic carbocycles. The number of hydrogen-bond donors (Lipinski definition) is 1. The number of methoxy groups -OCH3 is 1. The zero-order chi connectivity index (χ0) is 23.9. The highest BCUT2D eigenvalue weighted by atomic mass is 16.5. The van der Waals surface area contributed by atoms with Crippen LogP contribution in [-0.4, -0.2) is 48.6 Å². The number of benzene rings is 3. The predicted molar refractivity (Wildman–Crippen MR) is 124 cm³/mol. The van der Waals surface area contributed by atoms with Crippen LogP contribution in [0.4, 0.5) is 0 Å². The number of nitrogens with zero attached hydrogens (tertiary/aromatic N) is 1.